The van der Waals surface area contributed by atoms with Crippen LogP contribution in [0.1, 0.15) is 19.8 Å². The molecule has 0 fully saturated rings. The van der Waals surface area contributed by atoms with Crippen LogP contribution in [0.25, 0.3) is 0 Å². The monoisotopic (exact) mass is 225 g/mol. The number of hydrogen-bond donors (Lipinski definition) is 1. The molecular formula is C8H16ClNO2S. The average molecular weight is 226 g/mol. The maximum atomic E-state index is 11.2. The fraction of sp³-hybridized carbons (Fsp3) is 0.750. The summed E-state index contributed by atoms with van der Waals surface area (Å²) in [6.07, 6.45) is 5.05. The van der Waals surface area contributed by atoms with Crippen molar-refractivity contribution < 1.29 is 8.42 Å². The standard InChI is InChI=1S/C8H16ClNO2S/c1-2-3-4-7-10-13(11,12)8-5-6-9/h2-3,10H,4-8H2,1H3/b3-2+. The highest BCUT2D eigenvalue weighted by Gasteiger charge is 2.07. The van der Waals surface area contributed by atoms with Gasteiger partial charge in [0.05, 0.1) is 5.75 Å². The minimum atomic E-state index is -3.09. The van der Waals surface area contributed by atoms with Crippen molar-refractivity contribution in [2.24, 2.45) is 0 Å². The van der Waals surface area contributed by atoms with Gasteiger partial charge in [0.25, 0.3) is 0 Å². The number of nitrogens with one attached hydrogen (secondary N) is 1. The molecule has 0 spiro atoms. The summed E-state index contributed by atoms with van der Waals surface area (Å²) in [7, 11) is -3.09. The van der Waals surface area contributed by atoms with E-state index in [1.54, 1.807) is 0 Å². The van der Waals surface area contributed by atoms with Crippen LogP contribution in [-0.2, 0) is 10.0 Å². The van der Waals surface area contributed by atoms with Gasteiger partial charge in [-0.3, -0.25) is 0 Å². The van der Waals surface area contributed by atoms with E-state index in [1.165, 1.54) is 0 Å². The average Bonchev–Trinajstić information content (AvgIpc) is 2.09. The topological polar surface area (TPSA) is 46.2 Å². The molecular weight excluding hydrogens is 210 g/mol. The lowest BCUT2D eigenvalue weighted by Gasteiger charge is -2.03. The van der Waals surface area contributed by atoms with Gasteiger partial charge in [-0.2, -0.15) is 0 Å². The first kappa shape index (κ1) is 12.9. The molecule has 3 nitrogen and oxygen atoms in total. The molecule has 0 unspecified atom stereocenters. The van der Waals surface area contributed by atoms with E-state index in [4.69, 9.17) is 11.6 Å². The Morgan fingerprint density at radius 1 is 1.46 bits per heavy atom. The number of hydrogen-bond acceptors (Lipinski definition) is 2. The molecule has 5 heteroatoms. The minimum absolute atomic E-state index is 0.117. The van der Waals surface area contributed by atoms with E-state index < -0.39 is 10.0 Å². The maximum absolute atomic E-state index is 11.2. The van der Waals surface area contributed by atoms with Gasteiger partial charge in [0.15, 0.2) is 0 Å². The zero-order valence-electron chi connectivity index (χ0n) is 7.79. The normalized spacial score (nSPS) is 12.5. The molecule has 0 radical (unpaired) electrons. The lowest BCUT2D eigenvalue weighted by Crippen LogP contribution is -2.27. The highest BCUT2D eigenvalue weighted by Crippen LogP contribution is 1.92. The molecule has 78 valence electrons. The highest BCUT2D eigenvalue weighted by atomic mass is 35.5. The smallest absolute Gasteiger partial charge is 0.211 e. The SMILES string of the molecule is C/C=C/CCNS(=O)(=O)CCCCl. The Labute approximate surface area is 85.2 Å². The third-order valence-electron chi connectivity index (χ3n) is 1.42. The van der Waals surface area contributed by atoms with Crippen LogP contribution in [-0.4, -0.2) is 26.6 Å². The first-order valence-electron chi connectivity index (χ1n) is 4.27. The minimum Gasteiger partial charge on any atom is -0.215 e. The molecule has 0 aliphatic rings. The Morgan fingerprint density at radius 3 is 2.69 bits per heavy atom. The molecule has 0 bridgehead atoms. The Hall–Kier alpha value is -0.0600. The van der Waals surface area contributed by atoms with E-state index in [2.05, 4.69) is 4.72 Å². The molecule has 0 aromatic carbocycles. The number of sulfonamides is 1. The van der Waals surface area contributed by atoms with Crippen molar-refractivity contribution in [3.63, 3.8) is 0 Å². The molecule has 0 atom stereocenters. The van der Waals surface area contributed by atoms with Gasteiger partial charge in [0, 0.05) is 12.4 Å². The van der Waals surface area contributed by atoms with E-state index in [0.717, 1.165) is 6.42 Å². The van der Waals surface area contributed by atoms with Gasteiger partial charge in [-0.15, -0.1) is 11.6 Å². The number of halogens is 1. The van der Waals surface area contributed by atoms with Crippen LogP contribution in [0.2, 0.25) is 0 Å². The summed E-state index contributed by atoms with van der Waals surface area (Å²) in [6, 6.07) is 0. The molecule has 0 aliphatic carbocycles. The van der Waals surface area contributed by atoms with Gasteiger partial charge < -0.3 is 0 Å². The van der Waals surface area contributed by atoms with Crippen molar-refractivity contribution in [1.29, 1.82) is 0 Å². The van der Waals surface area contributed by atoms with Gasteiger partial charge in [-0.25, -0.2) is 13.1 Å². The molecule has 0 rings (SSSR count). The third-order valence-corrected chi connectivity index (χ3v) is 3.15. The van der Waals surface area contributed by atoms with Crippen LogP contribution >= 0.6 is 11.6 Å². The molecule has 13 heavy (non-hydrogen) atoms. The van der Waals surface area contributed by atoms with Crippen LogP contribution in [0, 0.1) is 0 Å². The molecule has 0 heterocycles. The third kappa shape index (κ3) is 8.28. The van der Waals surface area contributed by atoms with Gasteiger partial charge in [0.2, 0.25) is 10.0 Å². The molecule has 0 saturated heterocycles. The molecule has 0 saturated carbocycles. The van der Waals surface area contributed by atoms with Gasteiger partial charge >= 0.3 is 0 Å². The lowest BCUT2D eigenvalue weighted by atomic mass is 10.4. The van der Waals surface area contributed by atoms with Crippen molar-refractivity contribution in [1.82, 2.24) is 4.72 Å². The van der Waals surface area contributed by atoms with E-state index >= 15 is 0 Å². The van der Waals surface area contributed by atoms with Gasteiger partial charge in [-0.1, -0.05) is 12.2 Å². The van der Waals surface area contributed by atoms with Crippen LogP contribution in [0.5, 0.6) is 0 Å². The number of rotatable bonds is 7. The molecule has 1 N–H and O–H groups in total. The van der Waals surface area contributed by atoms with E-state index in [1.807, 2.05) is 19.1 Å². The largest absolute Gasteiger partial charge is 0.215 e. The van der Waals surface area contributed by atoms with Crippen LogP contribution < -0.4 is 4.72 Å². The molecule has 0 amide bonds. The Bertz CT molecular complexity index is 237. The summed E-state index contributed by atoms with van der Waals surface area (Å²) < 4.78 is 24.8. The van der Waals surface area contributed by atoms with E-state index in [9.17, 15) is 8.42 Å². The first-order chi connectivity index (χ1) is 6.12. The van der Waals surface area contributed by atoms with E-state index in [0.29, 0.717) is 18.8 Å². The van der Waals surface area contributed by atoms with Crippen molar-refractivity contribution in [3.8, 4) is 0 Å². The zero-order chi connectivity index (χ0) is 10.2. The lowest BCUT2D eigenvalue weighted by molar-refractivity contribution is 0.581. The Balaban J connectivity index is 3.63. The summed E-state index contributed by atoms with van der Waals surface area (Å²) in [5.41, 5.74) is 0. The second-order valence-electron chi connectivity index (χ2n) is 2.61. The summed E-state index contributed by atoms with van der Waals surface area (Å²) >= 11 is 5.39. The molecule has 0 aliphatic heterocycles. The predicted octanol–water partition coefficient (Wildman–Crippen LogP) is 1.50. The summed E-state index contributed by atoms with van der Waals surface area (Å²) in [4.78, 5) is 0. The molecule has 0 aromatic rings. The quantitative estimate of drug-likeness (QED) is 0.406. The summed E-state index contributed by atoms with van der Waals surface area (Å²) in [5.74, 6) is 0.502. The van der Waals surface area contributed by atoms with Crippen LogP contribution in [0.4, 0.5) is 0 Å². The fourth-order valence-electron chi connectivity index (χ4n) is 0.781. The Kier molecular flexibility index (Phi) is 7.32. The number of alkyl halides is 1. The van der Waals surface area contributed by atoms with Crippen LogP contribution in [0.3, 0.4) is 0 Å². The zero-order valence-corrected chi connectivity index (χ0v) is 9.37. The summed E-state index contributed by atoms with van der Waals surface area (Å²) in [6.45, 7) is 2.37. The second kappa shape index (κ2) is 7.35. The van der Waals surface area contributed by atoms with Crippen LogP contribution in [0.15, 0.2) is 12.2 Å². The van der Waals surface area contributed by atoms with Crippen molar-refractivity contribution in [2.75, 3.05) is 18.2 Å². The summed E-state index contributed by atoms with van der Waals surface area (Å²) in [5, 5.41) is 0. The van der Waals surface area contributed by atoms with Gasteiger partial charge in [-0.05, 0) is 19.8 Å². The predicted molar refractivity (Wildman–Crippen MR) is 56.6 cm³/mol. The highest BCUT2D eigenvalue weighted by molar-refractivity contribution is 7.89. The maximum Gasteiger partial charge on any atom is 0.211 e. The van der Waals surface area contributed by atoms with Crippen molar-refractivity contribution in [2.45, 2.75) is 19.8 Å². The van der Waals surface area contributed by atoms with Gasteiger partial charge in [0.1, 0.15) is 0 Å². The Morgan fingerprint density at radius 2 is 2.15 bits per heavy atom. The van der Waals surface area contributed by atoms with Crippen molar-refractivity contribution in [3.05, 3.63) is 12.2 Å². The fourth-order valence-corrected chi connectivity index (χ4v) is 2.17. The number of allylic oxidation sites excluding steroid dienone is 1. The first-order valence-corrected chi connectivity index (χ1v) is 6.45. The van der Waals surface area contributed by atoms with Crippen molar-refractivity contribution >= 4 is 21.6 Å². The van der Waals surface area contributed by atoms with E-state index in [-0.39, 0.29) is 5.75 Å². The molecule has 0 aromatic heterocycles. The second-order valence-corrected chi connectivity index (χ2v) is 4.92.